The Kier molecular flexibility index (Phi) is 4.11. The summed E-state index contributed by atoms with van der Waals surface area (Å²) in [6, 6.07) is 9.34. The van der Waals surface area contributed by atoms with Gasteiger partial charge in [0.25, 0.3) is 0 Å². The van der Waals surface area contributed by atoms with Gasteiger partial charge in [0.05, 0.1) is 18.4 Å². The number of carboxylic acid groups (broad SMARTS) is 1. The largest absolute Gasteiger partial charge is 0.496 e. The first-order valence-electron chi connectivity index (χ1n) is 7.09. The smallest absolute Gasteiger partial charge is 0.336 e. The summed E-state index contributed by atoms with van der Waals surface area (Å²) in [6.07, 6.45) is 0. The average molecular weight is 346 g/mol. The van der Waals surface area contributed by atoms with Crippen LogP contribution in [0, 0.1) is 12.7 Å². The summed E-state index contributed by atoms with van der Waals surface area (Å²) in [6.45, 7) is 1.89. The molecule has 0 saturated heterocycles. The average Bonchev–Trinajstić information content (AvgIpc) is 2.53. The number of nitrogens with zero attached hydrogens (tertiary/aromatic N) is 1. The van der Waals surface area contributed by atoms with Gasteiger partial charge in [-0.2, -0.15) is 0 Å². The van der Waals surface area contributed by atoms with Gasteiger partial charge >= 0.3 is 5.97 Å². The zero-order valence-electron chi connectivity index (χ0n) is 12.9. The van der Waals surface area contributed by atoms with Crippen molar-refractivity contribution in [3.63, 3.8) is 0 Å². The van der Waals surface area contributed by atoms with Crippen molar-refractivity contribution in [3.8, 4) is 17.0 Å². The van der Waals surface area contributed by atoms with Crippen LogP contribution in [0.5, 0.6) is 5.75 Å². The number of benzene rings is 2. The molecular weight excluding hydrogens is 333 g/mol. The maximum absolute atomic E-state index is 14.3. The predicted molar refractivity (Wildman–Crippen MR) is 90.4 cm³/mol. The lowest BCUT2D eigenvalue weighted by Gasteiger charge is -2.12. The number of hydrogen-bond acceptors (Lipinski definition) is 3. The molecule has 1 N–H and O–H groups in total. The van der Waals surface area contributed by atoms with Gasteiger partial charge in [-0.1, -0.05) is 23.2 Å². The molecule has 0 atom stereocenters. The van der Waals surface area contributed by atoms with Gasteiger partial charge in [0.1, 0.15) is 11.3 Å². The predicted octanol–water partition coefficient (Wildman–Crippen LogP) is 4.71. The molecule has 0 saturated carbocycles. The Bertz CT molecular complexity index is 972. The quantitative estimate of drug-likeness (QED) is 0.746. The van der Waals surface area contributed by atoms with Crippen molar-refractivity contribution in [2.75, 3.05) is 7.11 Å². The lowest BCUT2D eigenvalue weighted by Crippen LogP contribution is -2.02. The highest BCUT2D eigenvalue weighted by molar-refractivity contribution is 6.31. The first-order chi connectivity index (χ1) is 11.4. The summed E-state index contributed by atoms with van der Waals surface area (Å²) in [5, 5.41) is 9.76. The number of aromatic carboxylic acids is 1. The van der Waals surface area contributed by atoms with Gasteiger partial charge < -0.3 is 9.84 Å². The van der Waals surface area contributed by atoms with Crippen LogP contribution in [0.15, 0.2) is 36.4 Å². The number of fused-ring (bicyclic) bond motifs is 1. The van der Waals surface area contributed by atoms with E-state index in [4.69, 9.17) is 16.3 Å². The molecule has 0 amide bonds. The van der Waals surface area contributed by atoms with Gasteiger partial charge in [-0.3, -0.25) is 0 Å². The van der Waals surface area contributed by atoms with Gasteiger partial charge in [0.2, 0.25) is 0 Å². The second-order valence-electron chi connectivity index (χ2n) is 5.35. The summed E-state index contributed by atoms with van der Waals surface area (Å²) in [5.74, 6) is -1.33. The fourth-order valence-electron chi connectivity index (χ4n) is 2.59. The van der Waals surface area contributed by atoms with Gasteiger partial charge in [0, 0.05) is 16.0 Å². The Balaban J connectivity index is 2.39. The molecule has 0 unspecified atom stereocenters. The van der Waals surface area contributed by atoms with Crippen molar-refractivity contribution in [2.24, 2.45) is 0 Å². The molecule has 24 heavy (non-hydrogen) atoms. The van der Waals surface area contributed by atoms with Crippen LogP contribution in [0.1, 0.15) is 15.9 Å². The summed E-state index contributed by atoms with van der Waals surface area (Å²) >= 11 is 5.85. The summed E-state index contributed by atoms with van der Waals surface area (Å²) in [7, 11) is 1.51. The molecule has 3 aromatic rings. The number of rotatable bonds is 3. The number of carbonyl (C=O) groups is 1. The van der Waals surface area contributed by atoms with Crippen LogP contribution in [-0.2, 0) is 0 Å². The summed E-state index contributed by atoms with van der Waals surface area (Å²) in [5.41, 5.74) is 1.75. The van der Waals surface area contributed by atoms with Gasteiger partial charge in [-0.05, 0) is 37.3 Å². The van der Waals surface area contributed by atoms with E-state index in [1.807, 2.05) is 19.1 Å². The van der Waals surface area contributed by atoms with Gasteiger partial charge in [-0.25, -0.2) is 14.2 Å². The normalized spacial score (nSPS) is 10.8. The van der Waals surface area contributed by atoms with E-state index in [0.717, 1.165) is 11.6 Å². The number of hydrogen-bond donors (Lipinski definition) is 1. The molecular formula is C18H13ClFNO3. The summed E-state index contributed by atoms with van der Waals surface area (Å²) < 4.78 is 19.6. The molecule has 0 bridgehead atoms. The van der Waals surface area contributed by atoms with Gasteiger partial charge in [0.15, 0.2) is 5.82 Å². The number of carboxylic acids is 1. The van der Waals surface area contributed by atoms with E-state index >= 15 is 0 Å². The Morgan fingerprint density at radius 1 is 1.25 bits per heavy atom. The van der Waals surface area contributed by atoms with Crippen molar-refractivity contribution in [1.82, 2.24) is 4.98 Å². The lowest BCUT2D eigenvalue weighted by atomic mass is 10.0. The number of aromatic nitrogens is 1. The van der Waals surface area contributed by atoms with E-state index in [1.165, 1.54) is 19.2 Å². The molecule has 0 fully saturated rings. The number of aryl methyl sites for hydroxylation is 1. The van der Waals surface area contributed by atoms with E-state index in [9.17, 15) is 14.3 Å². The SMILES string of the molecule is COc1ccc(C)cc1-c1cc(C(=O)O)c2cc(Cl)cc(F)c2n1. The minimum Gasteiger partial charge on any atom is -0.496 e. The minimum atomic E-state index is -1.18. The third-order valence-corrected chi connectivity index (χ3v) is 3.91. The maximum atomic E-state index is 14.3. The van der Waals surface area contributed by atoms with Crippen molar-refractivity contribution >= 4 is 28.5 Å². The second-order valence-corrected chi connectivity index (χ2v) is 5.78. The van der Waals surface area contributed by atoms with E-state index < -0.39 is 11.8 Å². The molecule has 0 aliphatic carbocycles. The molecule has 0 radical (unpaired) electrons. The van der Waals surface area contributed by atoms with Crippen LogP contribution >= 0.6 is 11.6 Å². The molecule has 0 aliphatic heterocycles. The maximum Gasteiger partial charge on any atom is 0.336 e. The standard InChI is InChI=1S/C18H13ClFNO3/c1-9-3-4-16(24-2)13(5-9)15-8-12(18(22)23)11-6-10(19)7-14(20)17(11)21-15/h3-8H,1-2H3,(H,22,23). The molecule has 6 heteroatoms. The van der Waals surface area contributed by atoms with Crippen molar-refractivity contribution in [3.05, 3.63) is 58.4 Å². The molecule has 2 aromatic carbocycles. The van der Waals surface area contributed by atoms with E-state index in [2.05, 4.69) is 4.98 Å². The van der Waals surface area contributed by atoms with Crippen molar-refractivity contribution < 1.29 is 19.0 Å². The highest BCUT2D eigenvalue weighted by atomic mass is 35.5. The van der Waals surface area contributed by atoms with Crippen LogP contribution in [0.3, 0.4) is 0 Å². The number of pyridine rings is 1. The molecule has 1 heterocycles. The van der Waals surface area contributed by atoms with E-state index in [1.54, 1.807) is 6.07 Å². The van der Waals surface area contributed by atoms with Crippen LogP contribution in [0.2, 0.25) is 5.02 Å². The molecule has 4 nitrogen and oxygen atoms in total. The number of methoxy groups -OCH3 is 1. The molecule has 0 spiro atoms. The Hall–Kier alpha value is -2.66. The topological polar surface area (TPSA) is 59.4 Å². The second kappa shape index (κ2) is 6.09. The Morgan fingerprint density at radius 2 is 2.00 bits per heavy atom. The van der Waals surface area contributed by atoms with Crippen LogP contribution in [0.25, 0.3) is 22.2 Å². The van der Waals surface area contributed by atoms with Crippen molar-refractivity contribution in [2.45, 2.75) is 6.92 Å². The molecule has 1 aromatic heterocycles. The number of halogens is 2. The van der Waals surface area contributed by atoms with Crippen LogP contribution in [-0.4, -0.2) is 23.2 Å². The third kappa shape index (κ3) is 2.78. The van der Waals surface area contributed by atoms with E-state index in [-0.39, 0.29) is 21.5 Å². The van der Waals surface area contributed by atoms with Crippen LogP contribution < -0.4 is 4.74 Å². The van der Waals surface area contributed by atoms with Crippen molar-refractivity contribution in [1.29, 1.82) is 0 Å². The number of ether oxygens (including phenoxy) is 1. The molecule has 122 valence electrons. The zero-order chi connectivity index (χ0) is 17.4. The zero-order valence-corrected chi connectivity index (χ0v) is 13.7. The fraction of sp³-hybridized carbons (Fsp3) is 0.111. The van der Waals surface area contributed by atoms with Crippen LogP contribution in [0.4, 0.5) is 4.39 Å². The summed E-state index contributed by atoms with van der Waals surface area (Å²) in [4.78, 5) is 15.9. The Morgan fingerprint density at radius 3 is 2.67 bits per heavy atom. The monoisotopic (exact) mass is 345 g/mol. The highest BCUT2D eigenvalue weighted by Crippen LogP contribution is 2.33. The van der Waals surface area contributed by atoms with Gasteiger partial charge in [-0.15, -0.1) is 0 Å². The minimum absolute atomic E-state index is 0.0436. The highest BCUT2D eigenvalue weighted by Gasteiger charge is 2.18. The first kappa shape index (κ1) is 16.2. The third-order valence-electron chi connectivity index (χ3n) is 3.69. The lowest BCUT2D eigenvalue weighted by molar-refractivity contribution is 0.0699. The Labute approximate surface area is 142 Å². The van der Waals surface area contributed by atoms with E-state index in [0.29, 0.717) is 17.0 Å². The molecule has 0 aliphatic rings. The first-order valence-corrected chi connectivity index (χ1v) is 7.46. The fourth-order valence-corrected chi connectivity index (χ4v) is 2.79. The molecule has 3 rings (SSSR count).